The van der Waals surface area contributed by atoms with E-state index in [1.165, 1.54) is 25.7 Å². The second-order valence-electron chi connectivity index (χ2n) is 5.78. The van der Waals surface area contributed by atoms with Gasteiger partial charge in [0.15, 0.2) is 0 Å². The number of rotatable bonds is 5. The number of hydrogen-bond acceptors (Lipinski definition) is 4. The fourth-order valence-electron chi connectivity index (χ4n) is 3.35. The van der Waals surface area contributed by atoms with Crippen molar-refractivity contribution in [3.05, 3.63) is 23.8 Å². The van der Waals surface area contributed by atoms with E-state index in [1.54, 1.807) is 14.2 Å². The van der Waals surface area contributed by atoms with E-state index in [2.05, 4.69) is 12.3 Å². The molecule has 1 saturated carbocycles. The Morgan fingerprint density at radius 1 is 1.25 bits per heavy atom. The van der Waals surface area contributed by atoms with Gasteiger partial charge in [0.2, 0.25) is 0 Å². The molecule has 112 valence electrons. The highest BCUT2D eigenvalue weighted by atomic mass is 16.5. The van der Waals surface area contributed by atoms with Gasteiger partial charge in [0.25, 0.3) is 0 Å². The second-order valence-corrected chi connectivity index (χ2v) is 5.78. The molecule has 0 amide bonds. The van der Waals surface area contributed by atoms with Gasteiger partial charge in [0.1, 0.15) is 11.5 Å². The summed E-state index contributed by atoms with van der Waals surface area (Å²) in [4.78, 5) is 0. The standard InChI is InChI=1S/C16H26N2O2/c1-11-5-4-6-12(9-11)16(18-17)14-10-13(19-2)7-8-15(14)20-3/h7-8,10-12,16,18H,4-6,9,17H2,1-3H3. The molecule has 2 rings (SSSR count). The van der Waals surface area contributed by atoms with Crippen molar-refractivity contribution in [2.24, 2.45) is 17.7 Å². The molecular weight excluding hydrogens is 252 g/mol. The van der Waals surface area contributed by atoms with Crippen LogP contribution < -0.4 is 20.7 Å². The molecule has 0 aliphatic heterocycles. The predicted octanol–water partition coefficient (Wildman–Crippen LogP) is 3.03. The van der Waals surface area contributed by atoms with Gasteiger partial charge in [-0.1, -0.05) is 19.8 Å². The van der Waals surface area contributed by atoms with Crippen LogP contribution in [0, 0.1) is 11.8 Å². The zero-order valence-corrected chi connectivity index (χ0v) is 12.7. The second kappa shape index (κ2) is 6.95. The third-order valence-electron chi connectivity index (χ3n) is 4.40. The van der Waals surface area contributed by atoms with Crippen molar-refractivity contribution >= 4 is 0 Å². The molecule has 1 aliphatic rings. The summed E-state index contributed by atoms with van der Waals surface area (Å²) in [5, 5.41) is 0. The highest BCUT2D eigenvalue weighted by molar-refractivity contribution is 5.42. The van der Waals surface area contributed by atoms with Crippen molar-refractivity contribution in [1.82, 2.24) is 5.43 Å². The topological polar surface area (TPSA) is 56.5 Å². The Hall–Kier alpha value is -1.26. The van der Waals surface area contributed by atoms with Crippen LogP contribution in [0.3, 0.4) is 0 Å². The number of ether oxygens (including phenoxy) is 2. The van der Waals surface area contributed by atoms with Crippen molar-refractivity contribution < 1.29 is 9.47 Å². The Kier molecular flexibility index (Phi) is 5.26. The van der Waals surface area contributed by atoms with Gasteiger partial charge < -0.3 is 9.47 Å². The van der Waals surface area contributed by atoms with Gasteiger partial charge in [0, 0.05) is 5.56 Å². The monoisotopic (exact) mass is 278 g/mol. The molecule has 0 aromatic heterocycles. The zero-order valence-electron chi connectivity index (χ0n) is 12.7. The Morgan fingerprint density at radius 2 is 2.05 bits per heavy atom. The minimum Gasteiger partial charge on any atom is -0.497 e. The molecule has 3 unspecified atom stereocenters. The molecule has 1 aromatic carbocycles. The van der Waals surface area contributed by atoms with E-state index in [0.717, 1.165) is 23.0 Å². The fraction of sp³-hybridized carbons (Fsp3) is 0.625. The number of methoxy groups -OCH3 is 2. The lowest BCUT2D eigenvalue weighted by molar-refractivity contribution is 0.221. The Bertz CT molecular complexity index is 436. The maximum Gasteiger partial charge on any atom is 0.123 e. The van der Waals surface area contributed by atoms with Gasteiger partial charge in [-0.05, 0) is 42.9 Å². The van der Waals surface area contributed by atoms with Gasteiger partial charge in [0.05, 0.1) is 20.3 Å². The third kappa shape index (κ3) is 3.25. The molecule has 0 spiro atoms. The number of hydrazine groups is 1. The molecule has 0 bridgehead atoms. The summed E-state index contributed by atoms with van der Waals surface area (Å²) in [6.45, 7) is 2.32. The minimum atomic E-state index is 0.114. The van der Waals surface area contributed by atoms with Gasteiger partial charge in [-0.25, -0.2) is 0 Å². The SMILES string of the molecule is COc1ccc(OC)c(C(NN)C2CCCC(C)C2)c1. The predicted molar refractivity (Wildman–Crippen MR) is 80.7 cm³/mol. The molecule has 0 heterocycles. The first kappa shape index (κ1) is 15.1. The van der Waals surface area contributed by atoms with Crippen molar-refractivity contribution in [3.8, 4) is 11.5 Å². The van der Waals surface area contributed by atoms with Crippen LogP contribution in [0.25, 0.3) is 0 Å². The maximum absolute atomic E-state index is 5.85. The van der Waals surface area contributed by atoms with E-state index >= 15 is 0 Å². The molecule has 0 radical (unpaired) electrons. The van der Waals surface area contributed by atoms with Gasteiger partial charge in [-0.2, -0.15) is 0 Å². The summed E-state index contributed by atoms with van der Waals surface area (Å²) in [7, 11) is 3.38. The minimum absolute atomic E-state index is 0.114. The van der Waals surface area contributed by atoms with E-state index in [9.17, 15) is 0 Å². The number of nitrogens with two attached hydrogens (primary N) is 1. The number of hydrogen-bond donors (Lipinski definition) is 2. The van der Waals surface area contributed by atoms with Crippen LogP contribution in [0.5, 0.6) is 11.5 Å². The lowest BCUT2D eigenvalue weighted by atomic mass is 9.76. The van der Waals surface area contributed by atoms with Crippen molar-refractivity contribution in [3.63, 3.8) is 0 Å². The summed E-state index contributed by atoms with van der Waals surface area (Å²) in [6, 6.07) is 6.01. The summed E-state index contributed by atoms with van der Waals surface area (Å²) in [5.41, 5.74) is 4.09. The van der Waals surface area contributed by atoms with Crippen LogP contribution >= 0.6 is 0 Å². The highest BCUT2D eigenvalue weighted by Gasteiger charge is 2.29. The van der Waals surface area contributed by atoms with E-state index in [4.69, 9.17) is 15.3 Å². The number of benzene rings is 1. The van der Waals surface area contributed by atoms with Crippen LogP contribution in [0.2, 0.25) is 0 Å². The highest BCUT2D eigenvalue weighted by Crippen LogP contribution is 2.40. The zero-order chi connectivity index (χ0) is 14.5. The summed E-state index contributed by atoms with van der Waals surface area (Å²) >= 11 is 0. The summed E-state index contributed by atoms with van der Waals surface area (Å²) in [5.74, 6) is 8.87. The molecule has 1 fully saturated rings. The van der Waals surface area contributed by atoms with Crippen molar-refractivity contribution in [2.45, 2.75) is 38.6 Å². The van der Waals surface area contributed by atoms with Crippen molar-refractivity contribution in [2.75, 3.05) is 14.2 Å². The molecule has 3 N–H and O–H groups in total. The molecule has 1 aromatic rings. The fourth-order valence-corrected chi connectivity index (χ4v) is 3.35. The van der Waals surface area contributed by atoms with E-state index in [-0.39, 0.29) is 6.04 Å². The van der Waals surface area contributed by atoms with Gasteiger partial charge in [-0.3, -0.25) is 11.3 Å². The molecular formula is C16H26N2O2. The smallest absolute Gasteiger partial charge is 0.123 e. The lowest BCUT2D eigenvalue weighted by Crippen LogP contribution is -2.35. The van der Waals surface area contributed by atoms with E-state index in [0.29, 0.717) is 5.92 Å². The Labute approximate surface area is 121 Å². The normalized spacial score (nSPS) is 24.2. The number of nitrogens with one attached hydrogen (secondary N) is 1. The quantitative estimate of drug-likeness (QED) is 0.642. The molecule has 4 nitrogen and oxygen atoms in total. The lowest BCUT2D eigenvalue weighted by Gasteiger charge is -2.33. The van der Waals surface area contributed by atoms with Gasteiger partial charge in [-0.15, -0.1) is 0 Å². The van der Waals surface area contributed by atoms with Crippen LogP contribution in [0.15, 0.2) is 18.2 Å². The van der Waals surface area contributed by atoms with Crippen LogP contribution in [-0.2, 0) is 0 Å². The first-order valence-electron chi connectivity index (χ1n) is 7.37. The first-order valence-corrected chi connectivity index (χ1v) is 7.37. The van der Waals surface area contributed by atoms with Crippen LogP contribution in [0.4, 0.5) is 0 Å². The van der Waals surface area contributed by atoms with Crippen LogP contribution in [-0.4, -0.2) is 14.2 Å². The maximum atomic E-state index is 5.85. The molecule has 1 aliphatic carbocycles. The van der Waals surface area contributed by atoms with Crippen molar-refractivity contribution in [1.29, 1.82) is 0 Å². The average molecular weight is 278 g/mol. The van der Waals surface area contributed by atoms with E-state index in [1.807, 2.05) is 18.2 Å². The molecule has 20 heavy (non-hydrogen) atoms. The Balaban J connectivity index is 2.29. The van der Waals surface area contributed by atoms with E-state index < -0.39 is 0 Å². The first-order chi connectivity index (χ1) is 9.69. The molecule has 4 heteroatoms. The Morgan fingerprint density at radius 3 is 2.65 bits per heavy atom. The molecule has 3 atom stereocenters. The van der Waals surface area contributed by atoms with Gasteiger partial charge >= 0.3 is 0 Å². The van der Waals surface area contributed by atoms with Crippen LogP contribution in [0.1, 0.15) is 44.2 Å². The average Bonchev–Trinajstić information content (AvgIpc) is 2.48. The summed E-state index contributed by atoms with van der Waals surface area (Å²) in [6.07, 6.45) is 5.01. The summed E-state index contributed by atoms with van der Waals surface area (Å²) < 4.78 is 10.8. The third-order valence-corrected chi connectivity index (χ3v) is 4.40. The molecule has 0 saturated heterocycles. The largest absolute Gasteiger partial charge is 0.497 e.